The lowest BCUT2D eigenvalue weighted by Crippen LogP contribution is -2.32. The number of benzene rings is 4. The standard InChI is InChI=1S/C38H42NS/c1-22(2)18-32-28-11-8-23(3)19-30(28)24(4)34-36-35-29(14-17-39(36)7)31-20-26(25-12-15-38(5,6)16-13-25)9-10-27(31)21-33(35)40-37(32)34/h8-11,14,17,19-22,25H,12-13,15-16,18H2,1-7H3/q+1. The van der Waals surface area contributed by atoms with Crippen LogP contribution in [0.25, 0.3) is 43.6 Å². The highest BCUT2D eigenvalue weighted by atomic mass is 32.2. The van der Waals surface area contributed by atoms with E-state index in [0.29, 0.717) is 17.3 Å². The van der Waals surface area contributed by atoms with Crippen molar-refractivity contribution < 1.29 is 4.57 Å². The second kappa shape index (κ2) is 9.35. The maximum Gasteiger partial charge on any atom is 0.222 e. The van der Waals surface area contributed by atoms with Crippen LogP contribution in [0.5, 0.6) is 0 Å². The largest absolute Gasteiger partial charge is 0.222 e. The molecule has 2 heterocycles. The van der Waals surface area contributed by atoms with Gasteiger partial charge in [-0.2, -0.15) is 0 Å². The topological polar surface area (TPSA) is 3.88 Å². The molecular weight excluding hydrogens is 502 g/mol. The number of hydrogen-bond acceptors (Lipinski definition) is 1. The van der Waals surface area contributed by atoms with Gasteiger partial charge in [-0.1, -0.05) is 81.4 Å². The summed E-state index contributed by atoms with van der Waals surface area (Å²) in [6.07, 6.45) is 8.67. The fourth-order valence-corrected chi connectivity index (χ4v) is 8.95. The van der Waals surface area contributed by atoms with Crippen LogP contribution in [0.1, 0.15) is 81.5 Å². The summed E-state index contributed by atoms with van der Waals surface area (Å²) in [6.45, 7) is 14.2. The third kappa shape index (κ3) is 4.09. The van der Waals surface area contributed by atoms with Crippen molar-refractivity contribution in [3.63, 3.8) is 0 Å². The van der Waals surface area contributed by atoms with E-state index < -0.39 is 0 Å². The molecule has 4 aromatic carbocycles. The van der Waals surface area contributed by atoms with E-state index in [1.165, 1.54) is 101 Å². The SMILES string of the molecule is Cc1ccc2c(CC(C)C)c3c(c(C)c2c1)-c1c2c(cc4ccc(C5CCC(C)(C)CC5)cc4c2cc[n+]1C)S3. The van der Waals surface area contributed by atoms with E-state index in [-0.39, 0.29) is 0 Å². The number of aromatic nitrogens is 1. The van der Waals surface area contributed by atoms with Crippen LogP contribution in [0.15, 0.2) is 64.5 Å². The Morgan fingerprint density at radius 1 is 0.900 bits per heavy atom. The fraction of sp³-hybridized carbons (Fsp3) is 0.395. The Bertz CT molecular complexity index is 1830. The second-order valence-corrected chi connectivity index (χ2v) is 15.0. The predicted molar refractivity (Wildman–Crippen MR) is 173 cm³/mol. The van der Waals surface area contributed by atoms with Gasteiger partial charge in [0.25, 0.3) is 0 Å². The monoisotopic (exact) mass is 544 g/mol. The maximum absolute atomic E-state index is 2.54. The predicted octanol–water partition coefficient (Wildman–Crippen LogP) is 10.6. The zero-order valence-corrected chi connectivity index (χ0v) is 26.1. The third-order valence-corrected chi connectivity index (χ3v) is 11.1. The lowest BCUT2D eigenvalue weighted by atomic mass is 9.71. The molecule has 0 spiro atoms. The van der Waals surface area contributed by atoms with E-state index in [1.807, 2.05) is 11.8 Å². The lowest BCUT2D eigenvalue weighted by Gasteiger charge is -2.34. The summed E-state index contributed by atoms with van der Waals surface area (Å²) in [6, 6.07) is 19.3. The molecule has 1 nitrogen and oxygen atoms in total. The molecule has 0 radical (unpaired) electrons. The Morgan fingerprint density at radius 2 is 1.68 bits per heavy atom. The first-order valence-electron chi connectivity index (χ1n) is 15.2. The molecule has 7 rings (SSSR count). The highest BCUT2D eigenvalue weighted by Gasteiger charge is 2.33. The van der Waals surface area contributed by atoms with Gasteiger partial charge >= 0.3 is 0 Å². The van der Waals surface area contributed by atoms with Gasteiger partial charge in [0.05, 0.1) is 10.9 Å². The van der Waals surface area contributed by atoms with Gasteiger partial charge < -0.3 is 0 Å². The van der Waals surface area contributed by atoms with Crippen molar-refractivity contribution in [2.45, 2.75) is 89.4 Å². The Balaban J connectivity index is 1.50. The van der Waals surface area contributed by atoms with Crippen molar-refractivity contribution in [1.82, 2.24) is 0 Å². The van der Waals surface area contributed by atoms with E-state index in [4.69, 9.17) is 0 Å². The van der Waals surface area contributed by atoms with Crippen molar-refractivity contribution in [1.29, 1.82) is 0 Å². The second-order valence-electron chi connectivity index (χ2n) is 13.9. The number of hydrogen-bond donors (Lipinski definition) is 0. The van der Waals surface area contributed by atoms with Gasteiger partial charge in [0.2, 0.25) is 5.69 Å². The van der Waals surface area contributed by atoms with Gasteiger partial charge in [-0.25, -0.2) is 4.57 Å². The van der Waals surface area contributed by atoms with Crippen LogP contribution in [-0.2, 0) is 13.5 Å². The van der Waals surface area contributed by atoms with Crippen molar-refractivity contribution >= 4 is 44.1 Å². The molecule has 0 unspecified atom stereocenters. The van der Waals surface area contributed by atoms with Gasteiger partial charge in [-0.05, 0) is 108 Å². The molecule has 2 heteroatoms. The number of aryl methyl sites for hydroxylation is 3. The van der Waals surface area contributed by atoms with Crippen molar-refractivity contribution in [2.75, 3.05) is 0 Å². The van der Waals surface area contributed by atoms with E-state index in [1.54, 1.807) is 0 Å². The lowest BCUT2D eigenvalue weighted by molar-refractivity contribution is -0.659. The van der Waals surface area contributed by atoms with Gasteiger partial charge in [0.1, 0.15) is 7.05 Å². The van der Waals surface area contributed by atoms with E-state index in [9.17, 15) is 0 Å². The molecule has 0 atom stereocenters. The van der Waals surface area contributed by atoms with Crippen LogP contribution in [0, 0.1) is 25.2 Å². The minimum absolute atomic E-state index is 0.495. The molecule has 2 aliphatic rings. The first kappa shape index (κ1) is 26.1. The maximum atomic E-state index is 2.54. The number of pyridine rings is 1. The summed E-state index contributed by atoms with van der Waals surface area (Å²) in [4.78, 5) is 2.88. The summed E-state index contributed by atoms with van der Waals surface area (Å²) in [7, 11) is 2.24. The van der Waals surface area contributed by atoms with E-state index in [0.717, 1.165) is 6.42 Å². The number of fused-ring (bicyclic) bond motifs is 5. The summed E-state index contributed by atoms with van der Waals surface area (Å²) < 4.78 is 2.39. The molecule has 1 saturated carbocycles. The number of rotatable bonds is 3. The molecule has 0 bridgehead atoms. The molecule has 204 valence electrons. The fourth-order valence-electron chi connectivity index (χ4n) is 7.57. The first-order chi connectivity index (χ1) is 19.1. The molecule has 0 saturated heterocycles. The molecule has 1 aliphatic heterocycles. The van der Waals surface area contributed by atoms with E-state index >= 15 is 0 Å². The Labute approximate surface area is 244 Å². The minimum Gasteiger partial charge on any atom is -0.200 e. The van der Waals surface area contributed by atoms with Gasteiger partial charge in [-0.3, -0.25) is 0 Å². The highest BCUT2D eigenvalue weighted by molar-refractivity contribution is 8.00. The van der Waals surface area contributed by atoms with Crippen LogP contribution < -0.4 is 4.57 Å². The minimum atomic E-state index is 0.495. The smallest absolute Gasteiger partial charge is 0.200 e. The molecule has 1 fully saturated rings. The normalized spacial score (nSPS) is 16.8. The zero-order chi connectivity index (χ0) is 27.9. The van der Waals surface area contributed by atoms with Crippen molar-refractivity contribution in [3.05, 3.63) is 77.0 Å². The molecule has 40 heavy (non-hydrogen) atoms. The zero-order valence-electron chi connectivity index (χ0n) is 25.2. The Morgan fingerprint density at radius 3 is 2.42 bits per heavy atom. The summed E-state index contributed by atoms with van der Waals surface area (Å²) >= 11 is 2.02. The van der Waals surface area contributed by atoms with Crippen LogP contribution in [0.4, 0.5) is 0 Å². The van der Waals surface area contributed by atoms with Crippen LogP contribution in [-0.4, -0.2) is 0 Å². The Kier molecular flexibility index (Phi) is 6.09. The molecular formula is C38H42NS+. The molecule has 0 N–H and O–H groups in total. The average Bonchev–Trinajstić information content (AvgIpc) is 2.91. The van der Waals surface area contributed by atoms with Crippen molar-refractivity contribution in [2.24, 2.45) is 18.4 Å². The number of nitrogens with zero attached hydrogens (tertiary/aromatic N) is 1. The third-order valence-electron chi connectivity index (χ3n) is 9.88. The van der Waals surface area contributed by atoms with Crippen LogP contribution in [0.2, 0.25) is 0 Å². The van der Waals surface area contributed by atoms with Gasteiger partial charge in [0.15, 0.2) is 6.20 Å². The molecule has 5 aromatic rings. The molecule has 1 aliphatic carbocycles. The first-order valence-corrected chi connectivity index (χ1v) is 16.1. The Hall–Kier alpha value is -2.84. The van der Waals surface area contributed by atoms with Gasteiger partial charge in [-0.15, -0.1) is 0 Å². The highest BCUT2D eigenvalue weighted by Crippen LogP contribution is 2.53. The van der Waals surface area contributed by atoms with Crippen molar-refractivity contribution in [3.8, 4) is 11.3 Å². The van der Waals surface area contributed by atoms with Crippen LogP contribution >= 0.6 is 11.8 Å². The summed E-state index contributed by atoms with van der Waals surface area (Å²) in [5.41, 5.74) is 9.14. The van der Waals surface area contributed by atoms with Crippen LogP contribution in [0.3, 0.4) is 0 Å². The average molecular weight is 545 g/mol. The summed E-state index contributed by atoms with van der Waals surface area (Å²) in [5.74, 6) is 1.29. The summed E-state index contributed by atoms with van der Waals surface area (Å²) in [5, 5.41) is 8.48. The molecule has 0 amide bonds. The quantitative estimate of drug-likeness (QED) is 0.158. The van der Waals surface area contributed by atoms with E-state index in [2.05, 4.69) is 108 Å². The molecule has 1 aromatic heterocycles. The van der Waals surface area contributed by atoms with Gasteiger partial charge in [0, 0.05) is 21.2 Å².